The van der Waals surface area contributed by atoms with Crippen LogP contribution in [0.4, 0.5) is 13.2 Å². The van der Waals surface area contributed by atoms with Gasteiger partial charge in [-0.3, -0.25) is 4.79 Å². The van der Waals surface area contributed by atoms with E-state index in [1.54, 1.807) is 0 Å². The fourth-order valence-electron chi connectivity index (χ4n) is 3.00. The average molecular weight is 425 g/mol. The number of rotatable bonds is 6. The maximum atomic E-state index is 12.8. The van der Waals surface area contributed by atoms with Gasteiger partial charge in [0.25, 0.3) is 5.91 Å². The predicted molar refractivity (Wildman–Crippen MR) is 101 cm³/mol. The summed E-state index contributed by atoms with van der Waals surface area (Å²) in [6.07, 6.45) is -4.47. The lowest BCUT2D eigenvalue weighted by Gasteiger charge is -2.27. The van der Waals surface area contributed by atoms with Gasteiger partial charge in [0.2, 0.25) is 0 Å². The van der Waals surface area contributed by atoms with Gasteiger partial charge in [0.05, 0.1) is 12.2 Å². The molecule has 2 aromatic carbocycles. The fraction of sp³-hybridized carbons (Fsp3) is 0.300. The third-order valence-electron chi connectivity index (χ3n) is 4.43. The van der Waals surface area contributed by atoms with Gasteiger partial charge in [-0.15, -0.1) is 11.8 Å². The quantitative estimate of drug-likeness (QED) is 0.759. The number of carbonyl (C=O) groups is 2. The largest absolute Gasteiger partial charge is 0.480 e. The van der Waals surface area contributed by atoms with E-state index in [0.29, 0.717) is 5.56 Å². The molecule has 154 valence electrons. The summed E-state index contributed by atoms with van der Waals surface area (Å²) in [5, 5.41) is 8.77. The van der Waals surface area contributed by atoms with Crippen LogP contribution in [-0.2, 0) is 27.1 Å². The minimum Gasteiger partial charge on any atom is -0.480 e. The third-order valence-corrected chi connectivity index (χ3v) is 5.76. The van der Waals surface area contributed by atoms with Crippen molar-refractivity contribution in [2.24, 2.45) is 0 Å². The highest BCUT2D eigenvalue weighted by molar-refractivity contribution is 7.99. The van der Waals surface area contributed by atoms with E-state index in [9.17, 15) is 27.9 Å². The van der Waals surface area contributed by atoms with Gasteiger partial charge in [-0.05, 0) is 23.3 Å². The van der Waals surface area contributed by atoms with E-state index >= 15 is 0 Å². The van der Waals surface area contributed by atoms with E-state index in [-0.39, 0.29) is 19.0 Å². The molecule has 1 fully saturated rings. The van der Waals surface area contributed by atoms with E-state index in [1.807, 2.05) is 30.3 Å². The number of carboxylic acids is 1. The molecule has 2 atom stereocenters. The van der Waals surface area contributed by atoms with Crippen LogP contribution in [0.15, 0.2) is 54.6 Å². The van der Waals surface area contributed by atoms with Crippen molar-refractivity contribution < 1.29 is 32.6 Å². The zero-order valence-corrected chi connectivity index (χ0v) is 15.9. The third kappa shape index (κ3) is 5.10. The number of halogens is 3. The number of alkyl halides is 3. The summed E-state index contributed by atoms with van der Waals surface area (Å²) in [6, 6.07) is 12.5. The Balaban J connectivity index is 1.73. The molecule has 1 amide bonds. The van der Waals surface area contributed by atoms with E-state index in [1.165, 1.54) is 28.8 Å². The van der Waals surface area contributed by atoms with Crippen molar-refractivity contribution in [3.8, 4) is 0 Å². The highest BCUT2D eigenvalue weighted by atomic mass is 32.2. The Labute approximate surface area is 169 Å². The molecule has 5 nitrogen and oxygen atoms in total. The average Bonchev–Trinajstić information content (AvgIpc) is 3.14. The smallest absolute Gasteiger partial charge is 0.416 e. The Morgan fingerprint density at radius 3 is 2.34 bits per heavy atom. The van der Waals surface area contributed by atoms with Crippen molar-refractivity contribution in [2.75, 3.05) is 12.4 Å². The van der Waals surface area contributed by atoms with Crippen molar-refractivity contribution in [1.82, 2.24) is 4.90 Å². The Morgan fingerprint density at radius 2 is 1.76 bits per heavy atom. The van der Waals surface area contributed by atoms with Crippen LogP contribution in [-0.4, -0.2) is 40.3 Å². The van der Waals surface area contributed by atoms with Crippen molar-refractivity contribution in [2.45, 2.75) is 24.2 Å². The number of thioether (sulfide) groups is 1. The fourth-order valence-corrected chi connectivity index (χ4v) is 4.44. The molecule has 1 heterocycles. The summed E-state index contributed by atoms with van der Waals surface area (Å²) in [6.45, 7) is -0.132. The minimum atomic E-state index is -4.47. The molecule has 0 saturated carbocycles. The van der Waals surface area contributed by atoms with Crippen LogP contribution >= 0.6 is 11.8 Å². The first-order valence-electron chi connectivity index (χ1n) is 8.72. The molecule has 29 heavy (non-hydrogen) atoms. The van der Waals surface area contributed by atoms with Crippen LogP contribution < -0.4 is 0 Å². The molecule has 0 bridgehead atoms. The maximum Gasteiger partial charge on any atom is 0.416 e. The number of hydrogen-bond donors (Lipinski definition) is 1. The molecule has 0 radical (unpaired) electrons. The molecule has 3 rings (SSSR count). The number of nitrogens with zero attached hydrogens (tertiary/aromatic N) is 1. The normalized spacial score (nSPS) is 19.3. The first kappa shape index (κ1) is 21.2. The van der Waals surface area contributed by atoms with Gasteiger partial charge in [0.15, 0.2) is 0 Å². The standard InChI is InChI=1S/C20H18F3NO4S/c21-20(22,23)15-8-6-14(7-9-15)18-24(16(12-29-18)19(26)27)17(25)11-28-10-13-4-2-1-3-5-13/h1-9,16,18H,10-12H2,(H,26,27). The Hall–Kier alpha value is -2.52. The number of carbonyl (C=O) groups excluding carboxylic acids is 1. The molecule has 9 heteroatoms. The summed E-state index contributed by atoms with van der Waals surface area (Å²) >= 11 is 1.20. The number of ether oxygens (including phenoxy) is 1. The minimum absolute atomic E-state index is 0.144. The summed E-state index contributed by atoms with van der Waals surface area (Å²) < 4.78 is 43.8. The van der Waals surface area contributed by atoms with Gasteiger partial charge in [0.1, 0.15) is 18.0 Å². The highest BCUT2D eigenvalue weighted by Gasteiger charge is 2.42. The van der Waals surface area contributed by atoms with Crippen LogP contribution in [0.5, 0.6) is 0 Å². The van der Waals surface area contributed by atoms with Crippen LogP contribution in [0, 0.1) is 0 Å². The maximum absolute atomic E-state index is 12.8. The van der Waals surface area contributed by atoms with Crippen molar-refractivity contribution in [1.29, 1.82) is 0 Å². The molecule has 1 aliphatic heterocycles. The predicted octanol–water partition coefficient (Wildman–Crippen LogP) is 3.95. The Morgan fingerprint density at radius 1 is 1.10 bits per heavy atom. The lowest BCUT2D eigenvalue weighted by atomic mass is 10.1. The summed E-state index contributed by atoms with van der Waals surface area (Å²) in [4.78, 5) is 25.5. The summed E-state index contributed by atoms with van der Waals surface area (Å²) in [5.74, 6) is -1.54. The molecule has 0 aromatic heterocycles. The van der Waals surface area contributed by atoms with Gasteiger partial charge in [-0.1, -0.05) is 42.5 Å². The highest BCUT2D eigenvalue weighted by Crippen LogP contribution is 2.42. The molecular weight excluding hydrogens is 407 g/mol. The number of carboxylic acid groups (broad SMARTS) is 1. The Kier molecular flexibility index (Phi) is 6.49. The van der Waals surface area contributed by atoms with Gasteiger partial charge in [0, 0.05) is 5.75 Å². The van der Waals surface area contributed by atoms with Crippen LogP contribution in [0.1, 0.15) is 22.1 Å². The van der Waals surface area contributed by atoms with Gasteiger partial charge in [-0.25, -0.2) is 4.79 Å². The first-order chi connectivity index (χ1) is 13.8. The molecule has 1 N–H and O–H groups in total. The second-order valence-electron chi connectivity index (χ2n) is 6.44. The zero-order chi connectivity index (χ0) is 21.0. The lowest BCUT2D eigenvalue weighted by molar-refractivity contribution is -0.151. The molecule has 2 unspecified atom stereocenters. The van der Waals surface area contributed by atoms with Crippen molar-refractivity contribution in [3.05, 3.63) is 71.3 Å². The van der Waals surface area contributed by atoms with Crippen LogP contribution in [0.25, 0.3) is 0 Å². The molecule has 0 aliphatic carbocycles. The lowest BCUT2D eigenvalue weighted by Crippen LogP contribution is -2.44. The number of amides is 1. The number of hydrogen-bond acceptors (Lipinski definition) is 4. The number of benzene rings is 2. The molecule has 2 aromatic rings. The summed E-state index contributed by atoms with van der Waals surface area (Å²) in [7, 11) is 0. The molecule has 0 spiro atoms. The van der Waals surface area contributed by atoms with Gasteiger partial charge < -0.3 is 14.7 Å². The molecule has 1 saturated heterocycles. The van der Waals surface area contributed by atoms with Gasteiger partial charge >= 0.3 is 12.1 Å². The van der Waals surface area contributed by atoms with E-state index < -0.39 is 35.0 Å². The second-order valence-corrected chi connectivity index (χ2v) is 7.55. The zero-order valence-electron chi connectivity index (χ0n) is 15.1. The van der Waals surface area contributed by atoms with Crippen LogP contribution in [0.2, 0.25) is 0 Å². The second kappa shape index (κ2) is 8.87. The van der Waals surface area contributed by atoms with Crippen molar-refractivity contribution in [3.63, 3.8) is 0 Å². The van der Waals surface area contributed by atoms with E-state index in [0.717, 1.165) is 17.7 Å². The SMILES string of the molecule is O=C(O)C1CSC(c2ccc(C(F)(F)F)cc2)N1C(=O)COCc1ccccc1. The van der Waals surface area contributed by atoms with Gasteiger partial charge in [-0.2, -0.15) is 13.2 Å². The summed E-state index contributed by atoms with van der Waals surface area (Å²) in [5.41, 5.74) is 0.497. The van der Waals surface area contributed by atoms with E-state index in [4.69, 9.17) is 4.74 Å². The molecular formula is C20H18F3NO4S. The monoisotopic (exact) mass is 425 g/mol. The van der Waals surface area contributed by atoms with Crippen molar-refractivity contribution >= 4 is 23.6 Å². The van der Waals surface area contributed by atoms with E-state index in [2.05, 4.69) is 0 Å². The Bertz CT molecular complexity index is 858. The van der Waals surface area contributed by atoms with Crippen LogP contribution in [0.3, 0.4) is 0 Å². The number of aliphatic carboxylic acids is 1. The first-order valence-corrected chi connectivity index (χ1v) is 9.76. The topological polar surface area (TPSA) is 66.8 Å². The molecule has 1 aliphatic rings.